The van der Waals surface area contributed by atoms with Crippen molar-refractivity contribution >= 4 is 17.3 Å². The molecule has 1 unspecified atom stereocenters. The quantitative estimate of drug-likeness (QED) is 0.818. The molecular formula is C13H18N2O2. The van der Waals surface area contributed by atoms with E-state index in [0.717, 1.165) is 24.2 Å². The van der Waals surface area contributed by atoms with Gasteiger partial charge in [-0.05, 0) is 43.0 Å². The van der Waals surface area contributed by atoms with Gasteiger partial charge in [0.25, 0.3) is 0 Å². The van der Waals surface area contributed by atoms with Gasteiger partial charge in [0.2, 0.25) is 0 Å². The summed E-state index contributed by atoms with van der Waals surface area (Å²) in [6.07, 6.45) is 2.03. The minimum Gasteiger partial charge on any atom is -0.480 e. The van der Waals surface area contributed by atoms with Crippen LogP contribution in [-0.4, -0.2) is 31.2 Å². The van der Waals surface area contributed by atoms with Gasteiger partial charge in [-0.1, -0.05) is 0 Å². The number of benzene rings is 1. The SMILES string of the molecule is CN(C)c1ccc(NC(C(=O)O)C2CC2)cc1. The summed E-state index contributed by atoms with van der Waals surface area (Å²) in [7, 11) is 3.96. The number of aliphatic carboxylic acids is 1. The van der Waals surface area contributed by atoms with Crippen LogP contribution in [0.2, 0.25) is 0 Å². The fourth-order valence-corrected chi connectivity index (χ4v) is 1.85. The standard InChI is InChI=1S/C13H18N2O2/c1-15(2)11-7-5-10(6-8-11)14-12(13(16)17)9-3-4-9/h5-9,12,14H,3-4H2,1-2H3,(H,16,17). The third kappa shape index (κ3) is 2.90. The van der Waals surface area contributed by atoms with Crippen LogP contribution in [0, 0.1) is 5.92 Å². The lowest BCUT2D eigenvalue weighted by atomic mass is 10.1. The van der Waals surface area contributed by atoms with Crippen molar-refractivity contribution in [3.8, 4) is 0 Å². The first-order chi connectivity index (χ1) is 8.08. The highest BCUT2D eigenvalue weighted by Crippen LogP contribution is 2.34. The van der Waals surface area contributed by atoms with E-state index >= 15 is 0 Å². The van der Waals surface area contributed by atoms with Crippen LogP contribution in [0.3, 0.4) is 0 Å². The lowest BCUT2D eigenvalue weighted by molar-refractivity contribution is -0.138. The van der Waals surface area contributed by atoms with Crippen molar-refractivity contribution in [1.82, 2.24) is 0 Å². The van der Waals surface area contributed by atoms with E-state index in [4.69, 9.17) is 5.11 Å². The molecule has 92 valence electrons. The molecule has 1 atom stereocenters. The summed E-state index contributed by atoms with van der Waals surface area (Å²) < 4.78 is 0. The molecule has 0 aliphatic heterocycles. The molecule has 1 aliphatic rings. The topological polar surface area (TPSA) is 52.6 Å². The molecule has 0 saturated heterocycles. The van der Waals surface area contributed by atoms with Gasteiger partial charge in [0, 0.05) is 25.5 Å². The Morgan fingerprint density at radius 1 is 1.35 bits per heavy atom. The van der Waals surface area contributed by atoms with E-state index in [1.807, 2.05) is 43.3 Å². The van der Waals surface area contributed by atoms with Gasteiger partial charge in [-0.2, -0.15) is 0 Å². The van der Waals surface area contributed by atoms with Crippen molar-refractivity contribution in [3.63, 3.8) is 0 Å². The van der Waals surface area contributed by atoms with Gasteiger partial charge in [0.1, 0.15) is 6.04 Å². The molecule has 0 aromatic heterocycles. The van der Waals surface area contributed by atoms with E-state index in [-0.39, 0.29) is 0 Å². The number of nitrogens with one attached hydrogen (secondary N) is 1. The Labute approximate surface area is 101 Å². The predicted octanol–water partition coefficient (Wildman–Crippen LogP) is 2.03. The van der Waals surface area contributed by atoms with Gasteiger partial charge in [-0.25, -0.2) is 4.79 Å². The Kier molecular flexibility index (Phi) is 3.22. The maximum absolute atomic E-state index is 11.1. The highest BCUT2D eigenvalue weighted by molar-refractivity contribution is 5.78. The van der Waals surface area contributed by atoms with E-state index in [1.165, 1.54) is 0 Å². The monoisotopic (exact) mass is 234 g/mol. The highest BCUT2D eigenvalue weighted by Gasteiger charge is 2.36. The van der Waals surface area contributed by atoms with E-state index in [9.17, 15) is 4.79 Å². The minimum absolute atomic E-state index is 0.293. The van der Waals surface area contributed by atoms with Gasteiger partial charge in [-0.3, -0.25) is 0 Å². The Morgan fingerprint density at radius 2 is 1.94 bits per heavy atom. The second-order valence-corrected chi connectivity index (χ2v) is 4.74. The van der Waals surface area contributed by atoms with Gasteiger partial charge >= 0.3 is 5.97 Å². The van der Waals surface area contributed by atoms with Crippen molar-refractivity contribution in [3.05, 3.63) is 24.3 Å². The van der Waals surface area contributed by atoms with Crippen molar-refractivity contribution < 1.29 is 9.90 Å². The molecule has 2 N–H and O–H groups in total. The molecular weight excluding hydrogens is 216 g/mol. The van der Waals surface area contributed by atoms with Crippen LogP contribution in [0.25, 0.3) is 0 Å². The Balaban J connectivity index is 2.04. The zero-order valence-corrected chi connectivity index (χ0v) is 10.2. The number of nitrogens with zero attached hydrogens (tertiary/aromatic N) is 1. The first kappa shape index (κ1) is 11.8. The molecule has 17 heavy (non-hydrogen) atoms. The van der Waals surface area contributed by atoms with Crippen LogP contribution in [0.4, 0.5) is 11.4 Å². The third-order valence-corrected chi connectivity index (χ3v) is 3.07. The van der Waals surface area contributed by atoms with Crippen molar-refractivity contribution in [2.24, 2.45) is 5.92 Å². The first-order valence-electron chi connectivity index (χ1n) is 5.84. The number of anilines is 2. The van der Waals surface area contributed by atoms with E-state index < -0.39 is 12.0 Å². The van der Waals surface area contributed by atoms with Crippen LogP contribution >= 0.6 is 0 Å². The molecule has 1 aliphatic carbocycles. The molecule has 2 rings (SSSR count). The molecule has 0 spiro atoms. The number of carboxylic acid groups (broad SMARTS) is 1. The van der Waals surface area contributed by atoms with Gasteiger partial charge in [-0.15, -0.1) is 0 Å². The Morgan fingerprint density at radius 3 is 2.35 bits per heavy atom. The van der Waals surface area contributed by atoms with Crippen LogP contribution < -0.4 is 10.2 Å². The summed E-state index contributed by atoms with van der Waals surface area (Å²) in [6, 6.07) is 7.36. The van der Waals surface area contributed by atoms with Crippen LogP contribution in [0.5, 0.6) is 0 Å². The number of hydrogen-bond donors (Lipinski definition) is 2. The number of carboxylic acids is 1. The van der Waals surface area contributed by atoms with Gasteiger partial charge < -0.3 is 15.3 Å². The maximum Gasteiger partial charge on any atom is 0.326 e. The zero-order chi connectivity index (χ0) is 12.4. The summed E-state index contributed by atoms with van der Waals surface area (Å²) in [4.78, 5) is 13.1. The predicted molar refractivity (Wildman–Crippen MR) is 68.5 cm³/mol. The van der Waals surface area contributed by atoms with E-state index in [0.29, 0.717) is 5.92 Å². The fraction of sp³-hybridized carbons (Fsp3) is 0.462. The van der Waals surface area contributed by atoms with Crippen molar-refractivity contribution in [2.45, 2.75) is 18.9 Å². The molecule has 0 heterocycles. The number of rotatable bonds is 5. The molecule has 4 nitrogen and oxygen atoms in total. The van der Waals surface area contributed by atoms with E-state index in [1.54, 1.807) is 0 Å². The van der Waals surface area contributed by atoms with E-state index in [2.05, 4.69) is 5.32 Å². The second kappa shape index (κ2) is 4.65. The summed E-state index contributed by atoms with van der Waals surface area (Å²) in [6.45, 7) is 0. The zero-order valence-electron chi connectivity index (χ0n) is 10.2. The van der Waals surface area contributed by atoms with Crippen LogP contribution in [0.15, 0.2) is 24.3 Å². The molecule has 4 heteroatoms. The second-order valence-electron chi connectivity index (χ2n) is 4.74. The summed E-state index contributed by atoms with van der Waals surface area (Å²) in [5.74, 6) is -0.467. The van der Waals surface area contributed by atoms with Crippen molar-refractivity contribution in [1.29, 1.82) is 0 Å². The smallest absolute Gasteiger partial charge is 0.326 e. The Bertz CT molecular complexity index is 396. The Hall–Kier alpha value is -1.71. The molecule has 1 saturated carbocycles. The fourth-order valence-electron chi connectivity index (χ4n) is 1.85. The minimum atomic E-state index is -0.760. The maximum atomic E-state index is 11.1. The highest BCUT2D eigenvalue weighted by atomic mass is 16.4. The molecule has 0 amide bonds. The molecule has 1 aromatic carbocycles. The van der Waals surface area contributed by atoms with Crippen LogP contribution in [-0.2, 0) is 4.79 Å². The summed E-state index contributed by atoms with van der Waals surface area (Å²) in [5.41, 5.74) is 1.98. The van der Waals surface area contributed by atoms with Crippen molar-refractivity contribution in [2.75, 3.05) is 24.3 Å². The average Bonchev–Trinajstić information content (AvgIpc) is 3.10. The molecule has 1 aromatic rings. The summed E-state index contributed by atoms with van der Waals surface area (Å²) >= 11 is 0. The normalized spacial score (nSPS) is 16.4. The van der Waals surface area contributed by atoms with Gasteiger partial charge in [0.05, 0.1) is 0 Å². The molecule has 0 bridgehead atoms. The summed E-state index contributed by atoms with van der Waals surface area (Å²) in [5, 5.41) is 12.2. The first-order valence-corrected chi connectivity index (χ1v) is 5.84. The number of carbonyl (C=O) groups is 1. The largest absolute Gasteiger partial charge is 0.480 e. The van der Waals surface area contributed by atoms with Gasteiger partial charge in [0.15, 0.2) is 0 Å². The lowest BCUT2D eigenvalue weighted by Gasteiger charge is -2.17. The molecule has 0 radical (unpaired) electrons. The molecule has 1 fully saturated rings. The lowest BCUT2D eigenvalue weighted by Crippen LogP contribution is -2.31. The third-order valence-electron chi connectivity index (χ3n) is 3.07. The van der Waals surface area contributed by atoms with Crippen LogP contribution in [0.1, 0.15) is 12.8 Å². The number of hydrogen-bond acceptors (Lipinski definition) is 3. The average molecular weight is 234 g/mol.